The summed E-state index contributed by atoms with van der Waals surface area (Å²) >= 11 is 3.48. The van der Waals surface area contributed by atoms with Gasteiger partial charge in [0.05, 0.1) is 0 Å². The Morgan fingerprint density at radius 3 is 2.69 bits per heavy atom. The molecule has 0 aliphatic rings. The van der Waals surface area contributed by atoms with Gasteiger partial charge in [0.2, 0.25) is 0 Å². The third-order valence-corrected chi connectivity index (χ3v) is 3.09. The first-order chi connectivity index (χ1) is 7.77. The van der Waals surface area contributed by atoms with Crippen molar-refractivity contribution in [1.29, 1.82) is 0 Å². The highest BCUT2D eigenvalue weighted by Gasteiger charge is 2.13. The van der Waals surface area contributed by atoms with E-state index in [4.69, 9.17) is 5.11 Å². The maximum absolute atomic E-state index is 9.14. The first-order valence-corrected chi connectivity index (χ1v) is 5.85. The van der Waals surface area contributed by atoms with Crippen molar-refractivity contribution in [3.63, 3.8) is 0 Å². The molecule has 0 unspecified atom stereocenters. The van der Waals surface area contributed by atoms with E-state index in [9.17, 15) is 0 Å². The van der Waals surface area contributed by atoms with E-state index in [1.54, 1.807) is 0 Å². The van der Waals surface area contributed by atoms with Crippen LogP contribution in [0.25, 0.3) is 11.4 Å². The third kappa shape index (κ3) is 1.88. The Bertz CT molecular complexity index is 496. The van der Waals surface area contributed by atoms with Crippen LogP contribution < -0.4 is 0 Å². The molecule has 0 fully saturated rings. The van der Waals surface area contributed by atoms with Crippen LogP contribution in [0.2, 0.25) is 0 Å². The highest BCUT2D eigenvalue weighted by atomic mass is 79.9. The van der Waals surface area contributed by atoms with E-state index in [0.29, 0.717) is 5.82 Å². The lowest BCUT2D eigenvalue weighted by Gasteiger charge is -2.07. The molecule has 0 bridgehead atoms. The van der Waals surface area contributed by atoms with Gasteiger partial charge in [0.1, 0.15) is 6.61 Å². The van der Waals surface area contributed by atoms with Gasteiger partial charge in [-0.05, 0) is 13.0 Å². The van der Waals surface area contributed by atoms with E-state index in [-0.39, 0.29) is 6.61 Å². The van der Waals surface area contributed by atoms with Gasteiger partial charge in [-0.1, -0.05) is 34.1 Å². The Labute approximate surface area is 102 Å². The van der Waals surface area contributed by atoms with Crippen LogP contribution in [0.15, 0.2) is 28.7 Å². The van der Waals surface area contributed by atoms with Gasteiger partial charge in [0, 0.05) is 16.6 Å². The van der Waals surface area contributed by atoms with Crippen LogP contribution in [0.3, 0.4) is 0 Å². The van der Waals surface area contributed by atoms with Crippen LogP contribution in [0, 0.1) is 0 Å². The maximum atomic E-state index is 9.14. The van der Waals surface area contributed by atoms with Crippen molar-refractivity contribution in [2.45, 2.75) is 20.1 Å². The lowest BCUT2D eigenvalue weighted by molar-refractivity contribution is 0.265. The number of hydrogen-bond acceptors (Lipinski definition) is 3. The molecular formula is C11H12BrN3O. The molecule has 1 aromatic heterocycles. The molecule has 16 heavy (non-hydrogen) atoms. The summed E-state index contributed by atoms with van der Waals surface area (Å²) in [5.41, 5.74) is 0.983. The van der Waals surface area contributed by atoms with E-state index < -0.39 is 0 Å². The average molecular weight is 282 g/mol. The van der Waals surface area contributed by atoms with Gasteiger partial charge in [-0.2, -0.15) is 0 Å². The minimum Gasteiger partial charge on any atom is -0.388 e. The number of nitrogens with zero attached hydrogens (tertiary/aromatic N) is 3. The molecule has 2 rings (SSSR count). The highest BCUT2D eigenvalue weighted by Crippen LogP contribution is 2.26. The number of aliphatic hydroxyl groups is 1. The number of halogens is 1. The van der Waals surface area contributed by atoms with Gasteiger partial charge in [-0.25, -0.2) is 0 Å². The Hall–Kier alpha value is -1.20. The minimum absolute atomic E-state index is 0.0920. The van der Waals surface area contributed by atoms with Crippen molar-refractivity contribution in [1.82, 2.24) is 14.8 Å². The number of rotatable bonds is 3. The van der Waals surface area contributed by atoms with Crippen LogP contribution in [-0.2, 0) is 13.2 Å². The van der Waals surface area contributed by atoms with Crippen LogP contribution in [0.5, 0.6) is 0 Å². The summed E-state index contributed by atoms with van der Waals surface area (Å²) in [4.78, 5) is 0. The molecule has 4 nitrogen and oxygen atoms in total. The summed E-state index contributed by atoms with van der Waals surface area (Å²) in [7, 11) is 0. The summed E-state index contributed by atoms with van der Waals surface area (Å²) in [6.45, 7) is 2.65. The second-order valence-corrected chi connectivity index (χ2v) is 4.18. The minimum atomic E-state index is -0.0920. The van der Waals surface area contributed by atoms with Gasteiger partial charge >= 0.3 is 0 Å². The fourth-order valence-corrected chi connectivity index (χ4v) is 2.09. The Morgan fingerprint density at radius 1 is 1.31 bits per heavy atom. The molecule has 0 aliphatic carbocycles. The first kappa shape index (κ1) is 11.3. The third-order valence-electron chi connectivity index (χ3n) is 2.40. The summed E-state index contributed by atoms with van der Waals surface area (Å²) < 4.78 is 2.88. The predicted molar refractivity (Wildman–Crippen MR) is 64.8 cm³/mol. The number of aromatic nitrogens is 3. The zero-order valence-corrected chi connectivity index (χ0v) is 10.5. The maximum Gasteiger partial charge on any atom is 0.165 e. The van der Waals surface area contributed by atoms with Crippen LogP contribution in [-0.4, -0.2) is 19.9 Å². The Morgan fingerprint density at radius 2 is 2.06 bits per heavy atom. The van der Waals surface area contributed by atoms with Crippen molar-refractivity contribution < 1.29 is 5.11 Å². The largest absolute Gasteiger partial charge is 0.388 e. The van der Waals surface area contributed by atoms with Crippen molar-refractivity contribution in [2.24, 2.45) is 0 Å². The number of aliphatic hydroxyl groups excluding tert-OH is 1. The van der Waals surface area contributed by atoms with E-state index >= 15 is 0 Å². The van der Waals surface area contributed by atoms with E-state index in [0.717, 1.165) is 22.4 Å². The van der Waals surface area contributed by atoms with Gasteiger partial charge in [-0.15, -0.1) is 10.2 Å². The molecule has 84 valence electrons. The standard InChI is InChI=1S/C11H12BrN3O/c1-2-15-10(7-16)13-14-11(15)8-5-3-4-6-9(8)12/h3-6,16H,2,7H2,1H3. The Balaban J connectivity index is 2.56. The SMILES string of the molecule is CCn1c(CO)nnc1-c1ccccc1Br. The van der Waals surface area contributed by atoms with Crippen molar-refractivity contribution in [3.8, 4) is 11.4 Å². The van der Waals surface area contributed by atoms with E-state index in [1.165, 1.54) is 0 Å². The molecule has 0 spiro atoms. The summed E-state index contributed by atoms with van der Waals surface area (Å²) in [6.07, 6.45) is 0. The second kappa shape index (κ2) is 4.76. The molecular weight excluding hydrogens is 270 g/mol. The zero-order valence-electron chi connectivity index (χ0n) is 8.89. The second-order valence-electron chi connectivity index (χ2n) is 3.32. The Kier molecular flexibility index (Phi) is 3.36. The average Bonchev–Trinajstić information content (AvgIpc) is 2.72. The molecule has 0 aliphatic heterocycles. The topological polar surface area (TPSA) is 50.9 Å². The molecule has 1 aromatic carbocycles. The van der Waals surface area contributed by atoms with Crippen LogP contribution in [0.4, 0.5) is 0 Å². The normalized spacial score (nSPS) is 10.7. The van der Waals surface area contributed by atoms with E-state index in [2.05, 4.69) is 26.1 Å². The van der Waals surface area contributed by atoms with Crippen molar-refractivity contribution in [2.75, 3.05) is 0 Å². The molecule has 0 amide bonds. The van der Waals surface area contributed by atoms with Crippen LogP contribution in [0.1, 0.15) is 12.7 Å². The summed E-state index contributed by atoms with van der Waals surface area (Å²) in [5, 5.41) is 17.2. The fourth-order valence-electron chi connectivity index (χ4n) is 1.63. The molecule has 1 heterocycles. The molecule has 0 radical (unpaired) electrons. The molecule has 0 saturated heterocycles. The summed E-state index contributed by atoms with van der Waals surface area (Å²) in [5.74, 6) is 1.37. The lowest BCUT2D eigenvalue weighted by atomic mass is 10.2. The number of hydrogen-bond donors (Lipinski definition) is 1. The van der Waals surface area contributed by atoms with Crippen LogP contribution >= 0.6 is 15.9 Å². The molecule has 2 aromatic rings. The molecule has 0 saturated carbocycles. The molecule has 5 heteroatoms. The monoisotopic (exact) mass is 281 g/mol. The smallest absolute Gasteiger partial charge is 0.165 e. The quantitative estimate of drug-likeness (QED) is 0.939. The zero-order chi connectivity index (χ0) is 11.5. The van der Waals surface area contributed by atoms with Gasteiger partial charge in [0.15, 0.2) is 11.6 Å². The first-order valence-electron chi connectivity index (χ1n) is 5.05. The van der Waals surface area contributed by atoms with E-state index in [1.807, 2.05) is 35.8 Å². The lowest BCUT2D eigenvalue weighted by Crippen LogP contribution is -2.03. The predicted octanol–water partition coefficient (Wildman–Crippen LogP) is 2.22. The summed E-state index contributed by atoms with van der Waals surface area (Å²) in [6, 6.07) is 7.84. The van der Waals surface area contributed by atoms with Crippen molar-refractivity contribution >= 4 is 15.9 Å². The highest BCUT2D eigenvalue weighted by molar-refractivity contribution is 9.10. The fraction of sp³-hybridized carbons (Fsp3) is 0.273. The molecule has 0 atom stereocenters. The van der Waals surface area contributed by atoms with Gasteiger partial charge < -0.3 is 9.67 Å². The van der Waals surface area contributed by atoms with Crippen molar-refractivity contribution in [3.05, 3.63) is 34.6 Å². The van der Waals surface area contributed by atoms with Gasteiger partial charge in [0.25, 0.3) is 0 Å². The number of benzene rings is 1. The van der Waals surface area contributed by atoms with Gasteiger partial charge in [-0.3, -0.25) is 0 Å². The molecule has 1 N–H and O–H groups in total.